The monoisotopic (exact) mass is 316 g/mol. The van der Waals surface area contributed by atoms with Crippen LogP contribution >= 0.6 is 8.46 Å². The van der Waals surface area contributed by atoms with E-state index in [9.17, 15) is 4.57 Å². The molecule has 0 saturated heterocycles. The molecule has 0 aliphatic carbocycles. The van der Waals surface area contributed by atoms with E-state index in [1.165, 1.54) is 11.1 Å². The van der Waals surface area contributed by atoms with Crippen LogP contribution in [0, 0.1) is 0 Å². The van der Waals surface area contributed by atoms with Gasteiger partial charge in [-0.2, -0.15) is 17.7 Å². The Bertz CT molecular complexity index is 438. The molecule has 0 radical (unpaired) electrons. The molecule has 0 aliphatic rings. The van der Waals surface area contributed by atoms with Crippen LogP contribution in [-0.4, -0.2) is 0 Å². The van der Waals surface area contributed by atoms with Gasteiger partial charge in [0.25, 0.3) is 0 Å². The fraction of sp³-hybridized carbons (Fsp3) is 0.375. The largest absolute Gasteiger partial charge is 0.748 e. The molecule has 0 saturated carbocycles. The van der Waals surface area contributed by atoms with Crippen molar-refractivity contribution in [3.05, 3.63) is 53.6 Å². The predicted molar refractivity (Wildman–Crippen MR) is 79.5 cm³/mol. The Morgan fingerprint density at radius 1 is 1.05 bits per heavy atom. The third-order valence-electron chi connectivity index (χ3n) is 2.86. The molecule has 0 amide bonds. The van der Waals surface area contributed by atoms with E-state index in [4.69, 9.17) is 0 Å². The summed E-state index contributed by atoms with van der Waals surface area (Å²) in [5.41, 5.74) is 2.61. The Morgan fingerprint density at radius 2 is 1.53 bits per heavy atom. The maximum absolute atomic E-state index is 10.9. The zero-order chi connectivity index (χ0) is 13.5. The van der Waals surface area contributed by atoms with Crippen molar-refractivity contribution in [1.82, 2.24) is 0 Å². The summed E-state index contributed by atoms with van der Waals surface area (Å²) < 4.78 is 10.9. The zero-order valence-corrected chi connectivity index (χ0v) is 13.9. The van der Waals surface area contributed by atoms with Gasteiger partial charge in [-0.3, -0.25) is 4.57 Å². The van der Waals surface area contributed by atoms with Crippen molar-refractivity contribution >= 4 is 13.8 Å². The van der Waals surface area contributed by atoms with E-state index < -0.39 is 0 Å². The summed E-state index contributed by atoms with van der Waals surface area (Å²) in [5.74, 6) is 0.983. The Balaban J connectivity index is 0.000000454. The summed E-state index contributed by atoms with van der Waals surface area (Å²) in [6.07, 6.45) is 0. The van der Waals surface area contributed by atoms with Gasteiger partial charge in [0.2, 0.25) is 0 Å². The molecule has 0 aromatic heterocycles. The third-order valence-corrected chi connectivity index (χ3v) is 3.45. The van der Waals surface area contributed by atoms with Crippen LogP contribution in [0.2, 0.25) is 0 Å². The second kappa shape index (κ2) is 9.26. The molecule has 110 valence electrons. The van der Waals surface area contributed by atoms with Crippen LogP contribution in [0.25, 0.3) is 0 Å². The smallest absolute Gasteiger partial charge is 0.110 e. The van der Waals surface area contributed by atoms with E-state index >= 15 is 0 Å². The first-order valence-electron chi connectivity index (χ1n) is 6.37. The first-order chi connectivity index (χ1) is 8.57. The fourth-order valence-corrected chi connectivity index (χ4v) is 2.65. The number of hydrogen-bond donors (Lipinski definition) is 0. The minimum atomic E-state index is 0. The number of hydrogen-bond acceptors (Lipinski definition) is 1. The Kier molecular flexibility index (Phi) is 8.93. The van der Waals surface area contributed by atoms with Crippen molar-refractivity contribution in [3.63, 3.8) is 0 Å². The molecule has 0 atom stereocenters. The zero-order valence-electron chi connectivity index (χ0n) is 11.9. The van der Waals surface area contributed by atoms with Gasteiger partial charge < -0.3 is 30.3 Å². The van der Waals surface area contributed by atoms with Crippen LogP contribution < -0.4 is 5.30 Å². The maximum atomic E-state index is 10.9. The second-order valence-electron chi connectivity index (χ2n) is 4.95. The van der Waals surface area contributed by atoms with Crippen molar-refractivity contribution < 1.29 is 21.6 Å². The minimum Gasteiger partial charge on any atom is -0.748 e. The van der Waals surface area contributed by atoms with Gasteiger partial charge in [0, 0.05) is 17.1 Å². The van der Waals surface area contributed by atoms with Crippen LogP contribution in [0.3, 0.4) is 0 Å². The van der Waals surface area contributed by atoms with Gasteiger partial charge in [0.1, 0.15) is 8.46 Å². The summed E-state index contributed by atoms with van der Waals surface area (Å²) in [6, 6.07) is 14.1. The average molecular weight is 316 g/mol. The molecule has 2 aromatic rings. The summed E-state index contributed by atoms with van der Waals surface area (Å²) >= 11 is 0. The van der Waals surface area contributed by atoms with Crippen LogP contribution in [0.5, 0.6) is 0 Å². The minimum absolute atomic E-state index is 0. The molecule has 0 spiro atoms. The molecule has 0 heterocycles. The van der Waals surface area contributed by atoms with E-state index in [2.05, 4.69) is 33.8 Å². The molecular formula is C16H21FeOP-6. The summed E-state index contributed by atoms with van der Waals surface area (Å²) in [4.78, 5) is 0. The molecule has 1 nitrogen and oxygen atoms in total. The van der Waals surface area contributed by atoms with Crippen molar-refractivity contribution in [3.8, 4) is 0 Å². The molecule has 0 unspecified atom stereocenters. The Morgan fingerprint density at radius 3 is 1.84 bits per heavy atom. The maximum Gasteiger partial charge on any atom is 0.110 e. The number of rotatable bonds is 3. The molecule has 3 heteroatoms. The molecule has 0 aliphatic heterocycles. The topological polar surface area (TPSA) is 17.1 Å². The second-order valence-corrected chi connectivity index (χ2v) is 5.61. The van der Waals surface area contributed by atoms with Gasteiger partial charge in [-0.15, -0.1) is 10.9 Å². The van der Waals surface area contributed by atoms with Gasteiger partial charge in [0.15, 0.2) is 0 Å². The molecule has 0 bridgehead atoms. The third kappa shape index (κ3) is 5.45. The van der Waals surface area contributed by atoms with Gasteiger partial charge in [-0.1, -0.05) is 33.6 Å². The standard InChI is InChI=1S/C11H16OP.C5H5.Fe/c1-7(2)9-5-6-10(13-12)11(9)8(3)4;1-2-4-5-3-1;/h5-8H,1-4H3;1-5H;/q-1;-5;. The molecule has 2 aromatic carbocycles. The van der Waals surface area contributed by atoms with Gasteiger partial charge in [-0.05, 0) is 5.92 Å². The van der Waals surface area contributed by atoms with Crippen LogP contribution in [0.4, 0.5) is 0 Å². The molecule has 0 fully saturated rings. The van der Waals surface area contributed by atoms with Crippen LogP contribution in [-0.2, 0) is 21.6 Å². The van der Waals surface area contributed by atoms with Crippen molar-refractivity contribution in [2.24, 2.45) is 0 Å². The summed E-state index contributed by atoms with van der Waals surface area (Å²) in [7, 11) is 0.149. The quantitative estimate of drug-likeness (QED) is 0.444. The van der Waals surface area contributed by atoms with E-state index in [-0.39, 0.29) is 25.5 Å². The summed E-state index contributed by atoms with van der Waals surface area (Å²) in [6.45, 7) is 8.64. The first kappa shape index (κ1) is 18.3. The first-order valence-corrected chi connectivity index (χ1v) is 7.18. The van der Waals surface area contributed by atoms with Gasteiger partial charge >= 0.3 is 0 Å². The van der Waals surface area contributed by atoms with E-state index in [1.54, 1.807) is 0 Å². The van der Waals surface area contributed by atoms with Crippen LogP contribution in [0.15, 0.2) is 42.5 Å². The van der Waals surface area contributed by atoms with Crippen molar-refractivity contribution in [2.45, 2.75) is 39.5 Å². The van der Waals surface area contributed by atoms with Gasteiger partial charge in [-0.25, -0.2) is 0 Å². The molecule has 19 heavy (non-hydrogen) atoms. The van der Waals surface area contributed by atoms with Crippen LogP contribution in [0.1, 0.15) is 50.7 Å². The van der Waals surface area contributed by atoms with E-state index in [0.29, 0.717) is 11.8 Å². The average Bonchev–Trinajstić information content (AvgIpc) is 3.01. The fourth-order valence-electron chi connectivity index (χ4n) is 2.03. The SMILES string of the molecule is CC(C)c1c(P=O)cc[c-]1C(C)C.[Fe].[cH-]1[cH-][cH-][cH-][cH-]1. The Hall–Kier alpha value is -0.681. The van der Waals surface area contributed by atoms with Crippen molar-refractivity contribution in [1.29, 1.82) is 0 Å². The normalized spacial score (nSPS) is 10.2. The van der Waals surface area contributed by atoms with E-state index in [0.717, 1.165) is 5.30 Å². The Labute approximate surface area is 128 Å². The van der Waals surface area contributed by atoms with E-state index in [1.807, 2.05) is 36.4 Å². The molecule has 0 N–H and O–H groups in total. The van der Waals surface area contributed by atoms with Gasteiger partial charge in [0.05, 0.1) is 0 Å². The molecular weight excluding hydrogens is 295 g/mol. The van der Waals surface area contributed by atoms with Crippen molar-refractivity contribution in [2.75, 3.05) is 0 Å². The molecule has 2 rings (SSSR count). The summed E-state index contributed by atoms with van der Waals surface area (Å²) in [5, 5.41) is 0.957. The predicted octanol–water partition coefficient (Wildman–Crippen LogP) is 4.97.